The Bertz CT molecular complexity index is 1040. The van der Waals surface area contributed by atoms with Crippen molar-refractivity contribution >= 4 is 6.03 Å². The second kappa shape index (κ2) is 12.3. The fourth-order valence-electron chi connectivity index (χ4n) is 5.61. The predicted molar refractivity (Wildman–Crippen MR) is 143 cm³/mol. The lowest BCUT2D eigenvalue weighted by atomic mass is 9.73. The van der Waals surface area contributed by atoms with Gasteiger partial charge in [0.1, 0.15) is 11.5 Å². The number of amides is 2. The van der Waals surface area contributed by atoms with Crippen LogP contribution in [0.1, 0.15) is 43.2 Å². The van der Waals surface area contributed by atoms with Gasteiger partial charge in [-0.1, -0.05) is 36.4 Å². The van der Waals surface area contributed by atoms with Crippen molar-refractivity contribution in [3.63, 3.8) is 0 Å². The van der Waals surface area contributed by atoms with Gasteiger partial charge in [0.15, 0.2) is 0 Å². The maximum atomic E-state index is 13.3. The fourth-order valence-corrected chi connectivity index (χ4v) is 5.61. The number of aliphatic hydroxyl groups excluding tert-OH is 1. The summed E-state index contributed by atoms with van der Waals surface area (Å²) < 4.78 is 11.6. The standard InChI is InChI=1S/C29H41N3O5/c1-21-10-3-5-13-26(21)37-27-14-6-4-12-23(27)29(35,15-7-8-17-36-2)22-11-9-16-31(18-22)28(34)32-19-24(30)25(33)20-32/h3-6,10,12-14,22,24-25,33,35H,7-9,11,15-20,30H2,1-2H3/t22-,24-,25-,29+/m1/s1. The maximum Gasteiger partial charge on any atom is 0.320 e. The van der Waals surface area contributed by atoms with Gasteiger partial charge < -0.3 is 35.2 Å². The molecule has 0 bridgehead atoms. The number of rotatable bonds is 9. The first-order valence-corrected chi connectivity index (χ1v) is 13.3. The summed E-state index contributed by atoms with van der Waals surface area (Å²) in [6.45, 7) is 4.27. The Morgan fingerprint density at radius 3 is 2.49 bits per heavy atom. The van der Waals surface area contributed by atoms with Crippen LogP contribution in [0.2, 0.25) is 0 Å². The molecule has 2 heterocycles. The van der Waals surface area contributed by atoms with Gasteiger partial charge in [0.2, 0.25) is 0 Å². The quantitative estimate of drug-likeness (QED) is 0.444. The zero-order valence-corrected chi connectivity index (χ0v) is 22.0. The lowest BCUT2D eigenvalue weighted by molar-refractivity contribution is -0.0587. The zero-order valence-electron chi connectivity index (χ0n) is 22.0. The van der Waals surface area contributed by atoms with E-state index in [1.807, 2.05) is 60.4 Å². The number of ether oxygens (including phenoxy) is 2. The Hall–Kier alpha value is -2.65. The molecule has 2 saturated heterocycles. The van der Waals surface area contributed by atoms with Crippen molar-refractivity contribution in [1.82, 2.24) is 9.80 Å². The van der Waals surface area contributed by atoms with E-state index in [1.165, 1.54) is 0 Å². The Morgan fingerprint density at radius 2 is 1.78 bits per heavy atom. The summed E-state index contributed by atoms with van der Waals surface area (Å²) in [5, 5.41) is 22.5. The average Bonchev–Trinajstić information content (AvgIpc) is 3.25. The Kier molecular flexibility index (Phi) is 9.08. The lowest BCUT2D eigenvalue weighted by Crippen LogP contribution is -2.51. The molecule has 8 nitrogen and oxygen atoms in total. The summed E-state index contributed by atoms with van der Waals surface area (Å²) in [6, 6.07) is 15.0. The van der Waals surface area contributed by atoms with Crippen LogP contribution in [-0.2, 0) is 10.3 Å². The van der Waals surface area contributed by atoms with Crippen LogP contribution in [0, 0.1) is 12.8 Å². The molecule has 2 aromatic carbocycles. The molecular weight excluding hydrogens is 470 g/mol. The van der Waals surface area contributed by atoms with Crippen LogP contribution in [0.5, 0.6) is 11.5 Å². The van der Waals surface area contributed by atoms with E-state index in [4.69, 9.17) is 15.2 Å². The maximum absolute atomic E-state index is 13.3. The van der Waals surface area contributed by atoms with Crippen molar-refractivity contribution in [2.75, 3.05) is 39.9 Å². The summed E-state index contributed by atoms with van der Waals surface area (Å²) in [6.07, 6.45) is 3.03. The largest absolute Gasteiger partial charge is 0.457 e. The van der Waals surface area contributed by atoms with Gasteiger partial charge in [0.05, 0.1) is 11.7 Å². The van der Waals surface area contributed by atoms with Crippen molar-refractivity contribution in [3.05, 3.63) is 59.7 Å². The molecule has 37 heavy (non-hydrogen) atoms. The molecule has 0 aliphatic carbocycles. The number of benzene rings is 2. The molecule has 4 atom stereocenters. The van der Waals surface area contributed by atoms with Crippen LogP contribution in [0.15, 0.2) is 48.5 Å². The highest BCUT2D eigenvalue weighted by Crippen LogP contribution is 2.44. The van der Waals surface area contributed by atoms with Crippen molar-refractivity contribution in [1.29, 1.82) is 0 Å². The summed E-state index contributed by atoms with van der Waals surface area (Å²) in [4.78, 5) is 16.7. The van der Waals surface area contributed by atoms with Gasteiger partial charge in [0, 0.05) is 57.4 Å². The van der Waals surface area contributed by atoms with E-state index in [1.54, 1.807) is 12.0 Å². The number of aliphatic hydroxyl groups is 2. The number of methoxy groups -OCH3 is 1. The van der Waals surface area contributed by atoms with Crippen LogP contribution in [0.25, 0.3) is 0 Å². The molecule has 4 N–H and O–H groups in total. The predicted octanol–water partition coefficient (Wildman–Crippen LogP) is 3.63. The molecule has 2 aliphatic rings. The highest BCUT2D eigenvalue weighted by atomic mass is 16.5. The summed E-state index contributed by atoms with van der Waals surface area (Å²) in [5.74, 6) is 1.21. The number of carbonyl (C=O) groups is 1. The topological polar surface area (TPSA) is 108 Å². The van der Waals surface area contributed by atoms with Crippen LogP contribution in [0.3, 0.4) is 0 Å². The van der Waals surface area contributed by atoms with E-state index < -0.39 is 17.7 Å². The third-order valence-corrected chi connectivity index (χ3v) is 7.79. The normalized spacial score (nSPS) is 23.6. The van der Waals surface area contributed by atoms with Gasteiger partial charge in [0.25, 0.3) is 0 Å². The van der Waals surface area contributed by atoms with Crippen molar-refractivity contribution in [3.8, 4) is 11.5 Å². The van der Waals surface area contributed by atoms with Crippen LogP contribution < -0.4 is 10.5 Å². The first kappa shape index (κ1) is 27.4. The molecule has 2 aromatic rings. The SMILES string of the molecule is COCCCC[C@@](O)(c1ccccc1Oc1ccccc1C)[C@@H]1CCCN(C(=O)N2C[C@@H](N)[C@H](O)C2)C1. The zero-order chi connectivity index (χ0) is 26.4. The van der Waals surface area contributed by atoms with Gasteiger partial charge in [-0.25, -0.2) is 4.79 Å². The average molecular weight is 512 g/mol. The minimum absolute atomic E-state index is 0.122. The number of β-amino-alcohol motifs (C(OH)–C–C–N with tert-alkyl or cyclic N) is 1. The molecule has 2 aliphatic heterocycles. The number of para-hydroxylation sites is 2. The summed E-state index contributed by atoms with van der Waals surface area (Å²) >= 11 is 0. The number of unbranched alkanes of at least 4 members (excludes halogenated alkanes) is 1. The highest BCUT2D eigenvalue weighted by molar-refractivity contribution is 5.75. The van der Waals surface area contributed by atoms with Gasteiger partial charge in [-0.2, -0.15) is 0 Å². The van der Waals surface area contributed by atoms with E-state index in [9.17, 15) is 15.0 Å². The molecular formula is C29H41N3O5. The smallest absolute Gasteiger partial charge is 0.320 e. The number of nitrogens with two attached hydrogens (primary N) is 1. The van der Waals surface area contributed by atoms with Crippen molar-refractivity contribution in [2.24, 2.45) is 11.7 Å². The van der Waals surface area contributed by atoms with E-state index >= 15 is 0 Å². The molecule has 0 aromatic heterocycles. The number of carbonyl (C=O) groups excluding carboxylic acids is 1. The molecule has 0 unspecified atom stereocenters. The second-order valence-corrected chi connectivity index (χ2v) is 10.4. The number of aryl methyl sites for hydroxylation is 1. The van der Waals surface area contributed by atoms with Crippen LogP contribution in [-0.4, -0.2) is 78.1 Å². The molecule has 0 radical (unpaired) electrons. The number of nitrogens with zero attached hydrogens (tertiary/aromatic N) is 2. The van der Waals surface area contributed by atoms with Gasteiger partial charge >= 0.3 is 6.03 Å². The molecule has 8 heteroatoms. The minimum atomic E-state index is -1.19. The Labute approximate surface area is 220 Å². The molecule has 0 spiro atoms. The number of likely N-dealkylation sites (tertiary alicyclic amines) is 2. The lowest BCUT2D eigenvalue weighted by Gasteiger charge is -2.44. The number of hydrogen-bond acceptors (Lipinski definition) is 6. The van der Waals surface area contributed by atoms with Gasteiger partial charge in [-0.15, -0.1) is 0 Å². The first-order valence-electron chi connectivity index (χ1n) is 13.3. The molecule has 2 fully saturated rings. The third-order valence-electron chi connectivity index (χ3n) is 7.79. The van der Waals surface area contributed by atoms with E-state index in [-0.39, 0.29) is 18.5 Å². The van der Waals surface area contributed by atoms with Crippen LogP contribution in [0.4, 0.5) is 4.79 Å². The minimum Gasteiger partial charge on any atom is -0.457 e. The number of hydrogen-bond donors (Lipinski definition) is 3. The second-order valence-electron chi connectivity index (χ2n) is 10.4. The molecule has 202 valence electrons. The van der Waals surface area contributed by atoms with E-state index in [0.717, 1.165) is 42.6 Å². The van der Waals surface area contributed by atoms with E-state index in [2.05, 4.69) is 0 Å². The monoisotopic (exact) mass is 511 g/mol. The summed E-state index contributed by atoms with van der Waals surface area (Å²) in [7, 11) is 1.68. The Morgan fingerprint density at radius 1 is 1.05 bits per heavy atom. The fraction of sp³-hybridized carbons (Fsp3) is 0.552. The molecule has 2 amide bonds. The molecule has 0 saturated carbocycles. The number of urea groups is 1. The third kappa shape index (κ3) is 6.26. The highest BCUT2D eigenvalue weighted by Gasteiger charge is 2.44. The number of piperidine rings is 1. The van der Waals surface area contributed by atoms with Gasteiger partial charge in [-0.05, 0) is 56.7 Å². The van der Waals surface area contributed by atoms with Crippen molar-refractivity contribution < 1.29 is 24.5 Å². The van der Waals surface area contributed by atoms with Crippen LogP contribution >= 0.6 is 0 Å². The van der Waals surface area contributed by atoms with E-state index in [0.29, 0.717) is 38.4 Å². The Balaban J connectivity index is 1.61. The first-order chi connectivity index (χ1) is 17.8. The summed E-state index contributed by atoms with van der Waals surface area (Å²) in [5.41, 5.74) is 6.52. The van der Waals surface area contributed by atoms with Crippen molar-refractivity contribution in [2.45, 2.75) is 56.8 Å². The molecule has 4 rings (SSSR count). The van der Waals surface area contributed by atoms with Gasteiger partial charge in [-0.3, -0.25) is 0 Å².